The molecule has 2 unspecified atom stereocenters. The van der Waals surface area contributed by atoms with E-state index in [0.717, 1.165) is 0 Å². The Kier molecular flexibility index (Phi) is 5.79. The maximum absolute atomic E-state index is 11.6. The molecule has 0 spiro atoms. The van der Waals surface area contributed by atoms with Gasteiger partial charge in [0, 0.05) is 6.66 Å². The van der Waals surface area contributed by atoms with E-state index in [2.05, 4.69) is 8.83 Å². The Hall–Kier alpha value is 0.250. The minimum absolute atomic E-state index is 0.496. The molecule has 0 amide bonds. The third-order valence-corrected chi connectivity index (χ3v) is 6.91. The Morgan fingerprint density at radius 2 is 1.61 bits per heavy atom. The third kappa shape index (κ3) is 6.99. The zero-order valence-corrected chi connectivity index (χ0v) is 13.2. The average molecular weight is 324 g/mol. The zero-order chi connectivity index (χ0) is 14.8. The first-order valence-electron chi connectivity index (χ1n) is 4.87. The summed E-state index contributed by atoms with van der Waals surface area (Å²) in [7, 11) is -12.4. The molecule has 0 rings (SSSR count). The van der Waals surface area contributed by atoms with Gasteiger partial charge in [-0.2, -0.15) is 0 Å². The Balaban J connectivity index is 4.47. The van der Waals surface area contributed by atoms with Crippen molar-refractivity contribution in [3.8, 4) is 0 Å². The minimum atomic E-state index is -4.73. The van der Waals surface area contributed by atoms with E-state index in [1.807, 2.05) is 0 Å². The maximum atomic E-state index is 11.6. The normalized spacial score (nSPS) is 20.1. The summed E-state index contributed by atoms with van der Waals surface area (Å²) in [6.45, 7) is 4.54. The van der Waals surface area contributed by atoms with Gasteiger partial charge in [0.15, 0.2) is 9.84 Å². The fraction of sp³-hybridized carbons (Fsp3) is 1.00. The van der Waals surface area contributed by atoms with Gasteiger partial charge in [-0.1, -0.05) is 0 Å². The minimum Gasteiger partial charge on any atom is -0.324 e. The molecule has 110 valence electrons. The SMILES string of the molecule is CC(C)(C)S(=O)(=O)CCOP(=O)(O)OP(C)(=O)O. The molecule has 18 heavy (non-hydrogen) atoms. The fourth-order valence-electron chi connectivity index (χ4n) is 0.784. The van der Waals surface area contributed by atoms with Gasteiger partial charge >= 0.3 is 15.4 Å². The van der Waals surface area contributed by atoms with Crippen LogP contribution in [0.1, 0.15) is 20.8 Å². The van der Waals surface area contributed by atoms with Gasteiger partial charge in [0.05, 0.1) is 17.1 Å². The molecule has 0 fully saturated rings. The van der Waals surface area contributed by atoms with Crippen molar-refractivity contribution in [2.75, 3.05) is 19.0 Å². The Bertz CT molecular complexity index is 470. The van der Waals surface area contributed by atoms with Crippen molar-refractivity contribution in [2.45, 2.75) is 25.5 Å². The Labute approximate surface area is 106 Å². The van der Waals surface area contributed by atoms with Gasteiger partial charge in [-0.05, 0) is 20.8 Å². The van der Waals surface area contributed by atoms with Crippen LogP contribution in [0.25, 0.3) is 0 Å². The van der Waals surface area contributed by atoms with Crippen molar-refractivity contribution in [3.63, 3.8) is 0 Å². The largest absolute Gasteiger partial charge is 0.479 e. The molecule has 0 heterocycles. The number of phosphoric ester groups is 1. The standard InChI is InChI=1S/C7H18O8P2S/c1-7(2,3)18(12,13)6-5-14-17(10,11)15-16(4,8)9/h5-6H2,1-4H3,(H,8,9)(H,10,11). The van der Waals surface area contributed by atoms with Crippen LogP contribution in [0.3, 0.4) is 0 Å². The molecule has 0 aromatic heterocycles. The highest BCUT2D eigenvalue weighted by molar-refractivity contribution is 7.92. The van der Waals surface area contributed by atoms with Crippen LogP contribution < -0.4 is 0 Å². The van der Waals surface area contributed by atoms with Gasteiger partial charge in [0.25, 0.3) is 0 Å². The lowest BCUT2D eigenvalue weighted by Crippen LogP contribution is -2.31. The van der Waals surface area contributed by atoms with Gasteiger partial charge in [-0.25, -0.2) is 17.3 Å². The molecule has 8 nitrogen and oxygen atoms in total. The summed E-state index contributed by atoms with van der Waals surface area (Å²) in [5.74, 6) is -0.496. The lowest BCUT2D eigenvalue weighted by Gasteiger charge is -2.19. The van der Waals surface area contributed by atoms with Gasteiger partial charge in [-0.3, -0.25) is 9.09 Å². The molecule has 0 bridgehead atoms. The number of hydrogen-bond donors (Lipinski definition) is 2. The molecular weight excluding hydrogens is 306 g/mol. The molecule has 0 saturated heterocycles. The van der Waals surface area contributed by atoms with E-state index in [4.69, 9.17) is 9.79 Å². The average Bonchev–Trinajstić information content (AvgIpc) is 1.94. The highest BCUT2D eigenvalue weighted by Crippen LogP contribution is 2.57. The molecule has 11 heteroatoms. The van der Waals surface area contributed by atoms with Crippen LogP contribution in [-0.2, 0) is 27.8 Å². The first kappa shape index (κ1) is 18.2. The van der Waals surface area contributed by atoms with E-state index in [-0.39, 0.29) is 0 Å². The second kappa shape index (κ2) is 5.71. The second-order valence-electron chi connectivity index (χ2n) is 4.62. The topological polar surface area (TPSA) is 127 Å². The van der Waals surface area contributed by atoms with Crippen LogP contribution in [0.4, 0.5) is 0 Å². The summed E-state index contributed by atoms with van der Waals surface area (Å²) in [6, 6.07) is 0. The number of hydrogen-bond acceptors (Lipinski definition) is 6. The van der Waals surface area contributed by atoms with Crippen LogP contribution >= 0.6 is 15.4 Å². The van der Waals surface area contributed by atoms with Crippen molar-refractivity contribution in [1.29, 1.82) is 0 Å². The number of sulfone groups is 1. The Morgan fingerprint density at radius 3 is 1.94 bits per heavy atom. The lowest BCUT2D eigenvalue weighted by molar-refractivity contribution is 0.206. The summed E-state index contributed by atoms with van der Waals surface area (Å²) in [6.07, 6.45) is 0. The number of rotatable bonds is 6. The molecule has 0 aliphatic heterocycles. The second-order valence-corrected chi connectivity index (χ2v) is 10.9. The number of phosphoric acid groups is 1. The van der Waals surface area contributed by atoms with E-state index in [1.165, 1.54) is 20.8 Å². The first-order chi connectivity index (χ1) is 7.66. The quantitative estimate of drug-likeness (QED) is 0.696. The predicted molar refractivity (Wildman–Crippen MR) is 66.2 cm³/mol. The van der Waals surface area contributed by atoms with E-state index in [0.29, 0.717) is 6.66 Å². The molecule has 2 N–H and O–H groups in total. The highest BCUT2D eigenvalue weighted by Gasteiger charge is 2.33. The van der Waals surface area contributed by atoms with Crippen molar-refractivity contribution < 1.29 is 36.2 Å². The van der Waals surface area contributed by atoms with Crippen molar-refractivity contribution in [2.24, 2.45) is 0 Å². The first-order valence-corrected chi connectivity index (χ1v) is 10.0. The summed E-state index contributed by atoms with van der Waals surface area (Å²) < 4.78 is 52.4. The van der Waals surface area contributed by atoms with Crippen molar-refractivity contribution in [3.05, 3.63) is 0 Å². The van der Waals surface area contributed by atoms with Gasteiger partial charge in [0.1, 0.15) is 0 Å². The van der Waals surface area contributed by atoms with Crippen LogP contribution in [0, 0.1) is 0 Å². The zero-order valence-electron chi connectivity index (χ0n) is 10.6. The van der Waals surface area contributed by atoms with Crippen LogP contribution in [0.5, 0.6) is 0 Å². The van der Waals surface area contributed by atoms with Gasteiger partial charge in [-0.15, -0.1) is 0 Å². The molecule has 0 radical (unpaired) electrons. The third-order valence-electron chi connectivity index (χ3n) is 1.79. The maximum Gasteiger partial charge on any atom is 0.479 e. The molecular formula is C7H18O8P2S. The van der Waals surface area contributed by atoms with Gasteiger partial charge in [0.2, 0.25) is 0 Å². The monoisotopic (exact) mass is 324 g/mol. The summed E-state index contributed by atoms with van der Waals surface area (Å²) >= 11 is 0. The summed E-state index contributed by atoms with van der Waals surface area (Å²) in [5, 5.41) is 0. The van der Waals surface area contributed by atoms with Crippen molar-refractivity contribution in [1.82, 2.24) is 0 Å². The van der Waals surface area contributed by atoms with E-state index < -0.39 is 42.4 Å². The molecule has 0 saturated carbocycles. The molecule has 0 aliphatic rings. The fourth-order valence-corrected chi connectivity index (χ4v) is 3.86. The van der Waals surface area contributed by atoms with Crippen molar-refractivity contribution >= 4 is 25.3 Å². The van der Waals surface area contributed by atoms with Crippen LogP contribution in [0.15, 0.2) is 0 Å². The smallest absolute Gasteiger partial charge is 0.324 e. The van der Waals surface area contributed by atoms with E-state index in [1.54, 1.807) is 0 Å². The van der Waals surface area contributed by atoms with E-state index in [9.17, 15) is 17.5 Å². The summed E-state index contributed by atoms with van der Waals surface area (Å²) in [4.78, 5) is 17.8. The lowest BCUT2D eigenvalue weighted by atomic mass is 10.3. The molecule has 0 aromatic rings. The predicted octanol–water partition coefficient (Wildman–Crippen LogP) is 1.15. The van der Waals surface area contributed by atoms with Gasteiger partial charge < -0.3 is 9.79 Å². The van der Waals surface area contributed by atoms with E-state index >= 15 is 0 Å². The Morgan fingerprint density at radius 1 is 1.17 bits per heavy atom. The molecule has 2 atom stereocenters. The van der Waals surface area contributed by atoms with Crippen LogP contribution in [0.2, 0.25) is 0 Å². The summed E-state index contributed by atoms with van der Waals surface area (Å²) in [5.41, 5.74) is 0. The molecule has 0 aliphatic carbocycles. The van der Waals surface area contributed by atoms with Crippen LogP contribution in [-0.4, -0.2) is 42.0 Å². The highest BCUT2D eigenvalue weighted by atomic mass is 32.2. The molecule has 0 aromatic carbocycles.